The molecule has 7 heteroatoms. The number of hydrogen-bond acceptors (Lipinski definition) is 5. The quantitative estimate of drug-likeness (QED) is 0.663. The lowest BCUT2D eigenvalue weighted by Gasteiger charge is -2.23. The van der Waals surface area contributed by atoms with Gasteiger partial charge in [0.05, 0.1) is 22.9 Å². The number of rotatable bonds is 3. The van der Waals surface area contributed by atoms with Gasteiger partial charge in [-0.05, 0) is 43.4 Å². The fraction of sp³-hybridized carbons (Fsp3) is 0.350. The molecule has 2 aromatic rings. The highest BCUT2D eigenvalue weighted by Crippen LogP contribution is 2.52. The molecular formula is C20H18N4O3. The standard InChI is InChI=1S/C20H18N4O3/c1-10(18(25)23-13-4-5-14-15(9-13)22-7-6-21-14)24-19(26)16-11-2-3-12(8-11)17(16)20(24)27/h2-7,9-12,16-17H,8H2,1H3,(H,23,25)/t10-,11+,12+,16-,17+/m1/s1. The van der Waals surface area contributed by atoms with E-state index in [9.17, 15) is 14.4 Å². The van der Waals surface area contributed by atoms with E-state index >= 15 is 0 Å². The minimum Gasteiger partial charge on any atom is -0.324 e. The average molecular weight is 362 g/mol. The number of amides is 3. The summed E-state index contributed by atoms with van der Waals surface area (Å²) in [6.07, 6.45) is 8.15. The number of benzene rings is 1. The Morgan fingerprint density at radius 2 is 1.70 bits per heavy atom. The molecule has 1 saturated carbocycles. The first-order valence-electron chi connectivity index (χ1n) is 9.11. The van der Waals surface area contributed by atoms with Gasteiger partial charge in [0.25, 0.3) is 0 Å². The van der Waals surface area contributed by atoms with Crippen LogP contribution in [-0.2, 0) is 14.4 Å². The van der Waals surface area contributed by atoms with Gasteiger partial charge in [-0.2, -0.15) is 0 Å². The van der Waals surface area contributed by atoms with Crippen LogP contribution in [0.1, 0.15) is 13.3 Å². The molecule has 2 heterocycles. The molecule has 1 aromatic heterocycles. The summed E-state index contributed by atoms with van der Waals surface area (Å²) in [7, 11) is 0. The Morgan fingerprint density at radius 3 is 2.37 bits per heavy atom. The maximum Gasteiger partial charge on any atom is 0.247 e. The third-order valence-corrected chi connectivity index (χ3v) is 6.01. The number of aromatic nitrogens is 2. The second-order valence-corrected chi connectivity index (χ2v) is 7.47. The number of carbonyl (C=O) groups excluding carboxylic acids is 3. The van der Waals surface area contributed by atoms with Crippen molar-refractivity contribution in [2.24, 2.45) is 23.7 Å². The smallest absolute Gasteiger partial charge is 0.247 e. The van der Waals surface area contributed by atoms with E-state index in [-0.39, 0.29) is 41.4 Å². The fourth-order valence-electron chi connectivity index (χ4n) is 4.71. The van der Waals surface area contributed by atoms with Gasteiger partial charge in [-0.1, -0.05) is 12.2 Å². The van der Waals surface area contributed by atoms with Crippen LogP contribution in [-0.4, -0.2) is 38.6 Å². The SMILES string of the molecule is C[C@H](C(=O)Nc1ccc2nccnc2c1)N1C(=O)[C@@H]2[C@H](C1=O)[C@H]1C=C[C@H]2C1. The molecule has 3 amide bonds. The van der Waals surface area contributed by atoms with Crippen molar-refractivity contribution in [2.75, 3.05) is 5.32 Å². The van der Waals surface area contributed by atoms with Crippen LogP contribution in [0.15, 0.2) is 42.7 Å². The average Bonchev–Trinajstić information content (AvgIpc) is 3.35. The van der Waals surface area contributed by atoms with Crippen molar-refractivity contribution in [1.29, 1.82) is 0 Å². The first-order chi connectivity index (χ1) is 13.0. The first-order valence-corrected chi connectivity index (χ1v) is 9.11. The van der Waals surface area contributed by atoms with Crippen LogP contribution < -0.4 is 5.32 Å². The van der Waals surface area contributed by atoms with Crippen molar-refractivity contribution < 1.29 is 14.4 Å². The third kappa shape index (κ3) is 2.31. The zero-order valence-electron chi connectivity index (χ0n) is 14.7. The number of allylic oxidation sites excluding steroid dienone is 2. The van der Waals surface area contributed by atoms with E-state index in [0.717, 1.165) is 16.8 Å². The number of anilines is 1. The van der Waals surface area contributed by atoms with E-state index in [1.54, 1.807) is 37.5 Å². The summed E-state index contributed by atoms with van der Waals surface area (Å²) >= 11 is 0. The van der Waals surface area contributed by atoms with E-state index in [1.807, 2.05) is 12.2 Å². The van der Waals surface area contributed by atoms with Crippen LogP contribution in [0.2, 0.25) is 0 Å². The monoisotopic (exact) mass is 362 g/mol. The molecule has 1 aromatic carbocycles. The minimum atomic E-state index is -0.854. The van der Waals surface area contributed by atoms with Crippen LogP contribution in [0.3, 0.4) is 0 Å². The largest absolute Gasteiger partial charge is 0.324 e. The summed E-state index contributed by atoms with van der Waals surface area (Å²) in [5.74, 6) is -1.13. The summed E-state index contributed by atoms with van der Waals surface area (Å²) < 4.78 is 0. The molecule has 2 bridgehead atoms. The van der Waals surface area contributed by atoms with Crippen molar-refractivity contribution in [3.8, 4) is 0 Å². The van der Waals surface area contributed by atoms with Crippen molar-refractivity contribution >= 4 is 34.4 Å². The Balaban J connectivity index is 1.36. The van der Waals surface area contributed by atoms with Crippen LogP contribution in [0.5, 0.6) is 0 Å². The summed E-state index contributed by atoms with van der Waals surface area (Å²) in [5, 5.41) is 2.79. The lowest BCUT2D eigenvalue weighted by atomic mass is 9.85. The molecule has 1 saturated heterocycles. The molecule has 136 valence electrons. The van der Waals surface area contributed by atoms with E-state index in [2.05, 4.69) is 15.3 Å². The number of carbonyl (C=O) groups is 3. The molecule has 0 unspecified atom stereocenters. The lowest BCUT2D eigenvalue weighted by Crippen LogP contribution is -2.46. The van der Waals surface area contributed by atoms with Crippen LogP contribution in [0.25, 0.3) is 11.0 Å². The zero-order valence-corrected chi connectivity index (χ0v) is 14.7. The molecule has 5 atom stereocenters. The van der Waals surface area contributed by atoms with Gasteiger partial charge >= 0.3 is 0 Å². The highest BCUT2D eigenvalue weighted by molar-refractivity contribution is 6.10. The predicted molar refractivity (Wildman–Crippen MR) is 97.2 cm³/mol. The Kier molecular flexibility index (Phi) is 3.40. The minimum absolute atomic E-state index is 0.135. The molecule has 7 nitrogen and oxygen atoms in total. The van der Waals surface area contributed by atoms with Gasteiger partial charge in [-0.15, -0.1) is 0 Å². The van der Waals surface area contributed by atoms with Gasteiger partial charge in [0.2, 0.25) is 17.7 Å². The van der Waals surface area contributed by atoms with Crippen molar-refractivity contribution in [2.45, 2.75) is 19.4 Å². The van der Waals surface area contributed by atoms with E-state index < -0.39 is 6.04 Å². The molecule has 0 radical (unpaired) electrons. The summed E-state index contributed by atoms with van der Waals surface area (Å²) in [6, 6.07) is 4.36. The maximum atomic E-state index is 12.8. The lowest BCUT2D eigenvalue weighted by molar-refractivity contribution is -0.146. The summed E-state index contributed by atoms with van der Waals surface area (Å²) in [4.78, 5) is 48.0. The maximum absolute atomic E-state index is 12.8. The molecule has 5 rings (SSSR count). The van der Waals surface area contributed by atoms with Crippen molar-refractivity contribution in [3.63, 3.8) is 0 Å². The number of nitrogens with one attached hydrogen (secondary N) is 1. The fourth-order valence-corrected chi connectivity index (χ4v) is 4.71. The van der Waals surface area contributed by atoms with E-state index in [1.165, 1.54) is 0 Å². The number of hydrogen-bond donors (Lipinski definition) is 1. The van der Waals surface area contributed by atoms with Gasteiger partial charge in [-0.3, -0.25) is 29.3 Å². The van der Waals surface area contributed by atoms with Crippen molar-refractivity contribution in [1.82, 2.24) is 14.9 Å². The van der Waals surface area contributed by atoms with Gasteiger partial charge in [-0.25, -0.2) is 0 Å². The molecule has 0 spiro atoms. The Hall–Kier alpha value is -3.09. The summed E-state index contributed by atoms with van der Waals surface area (Å²) in [5.41, 5.74) is 1.94. The van der Waals surface area contributed by atoms with Gasteiger partial charge < -0.3 is 5.32 Å². The Bertz CT molecular complexity index is 987. The number of nitrogens with zero attached hydrogens (tertiary/aromatic N) is 3. The predicted octanol–water partition coefficient (Wildman–Crippen LogP) is 1.76. The zero-order chi connectivity index (χ0) is 18.7. The van der Waals surface area contributed by atoms with Crippen LogP contribution in [0.4, 0.5) is 5.69 Å². The number of imide groups is 1. The highest BCUT2D eigenvalue weighted by Gasteiger charge is 2.60. The van der Waals surface area contributed by atoms with Gasteiger partial charge in [0.1, 0.15) is 6.04 Å². The van der Waals surface area contributed by atoms with Gasteiger partial charge in [0.15, 0.2) is 0 Å². The van der Waals surface area contributed by atoms with E-state index in [0.29, 0.717) is 11.2 Å². The molecule has 27 heavy (non-hydrogen) atoms. The molecule has 1 aliphatic heterocycles. The van der Waals surface area contributed by atoms with Gasteiger partial charge in [0, 0.05) is 18.1 Å². The van der Waals surface area contributed by atoms with Crippen molar-refractivity contribution in [3.05, 3.63) is 42.7 Å². The van der Waals surface area contributed by atoms with Crippen LogP contribution >= 0.6 is 0 Å². The normalized spacial score (nSPS) is 29.4. The third-order valence-electron chi connectivity index (χ3n) is 6.01. The molecule has 3 aliphatic rings. The second kappa shape index (κ2) is 5.70. The van der Waals surface area contributed by atoms with E-state index in [4.69, 9.17) is 0 Å². The second-order valence-electron chi connectivity index (χ2n) is 7.47. The first kappa shape index (κ1) is 16.1. The number of fused-ring (bicyclic) bond motifs is 6. The number of likely N-dealkylation sites (tertiary alicyclic amines) is 1. The molecule has 2 aliphatic carbocycles. The topological polar surface area (TPSA) is 92.3 Å². The molecule has 2 fully saturated rings. The van der Waals surface area contributed by atoms with Crippen LogP contribution in [0, 0.1) is 23.7 Å². The molecule has 1 N–H and O–H groups in total. The Labute approximate surface area is 155 Å². The molecular weight excluding hydrogens is 344 g/mol. The summed E-state index contributed by atoms with van der Waals surface area (Å²) in [6.45, 7) is 1.60. The Morgan fingerprint density at radius 1 is 1.07 bits per heavy atom. The highest BCUT2D eigenvalue weighted by atomic mass is 16.2.